The van der Waals surface area contributed by atoms with Gasteiger partial charge in [0.05, 0.1) is 0 Å². The number of hydrogen-bond donors (Lipinski definition) is 1. The maximum atomic E-state index is 6.37. The molecule has 0 bridgehead atoms. The first kappa shape index (κ1) is 13.0. The van der Waals surface area contributed by atoms with Gasteiger partial charge in [0.2, 0.25) is 0 Å². The van der Waals surface area contributed by atoms with Crippen LogP contribution in [0.2, 0.25) is 5.02 Å². The van der Waals surface area contributed by atoms with E-state index in [-0.39, 0.29) is 5.92 Å². The third-order valence-corrected chi connectivity index (χ3v) is 4.36. The Kier molecular flexibility index (Phi) is 3.29. The lowest BCUT2D eigenvalue weighted by Gasteiger charge is -2.15. The second-order valence-corrected chi connectivity index (χ2v) is 5.88. The van der Waals surface area contributed by atoms with Crippen molar-refractivity contribution in [2.75, 3.05) is 20.1 Å². The highest BCUT2D eigenvalue weighted by molar-refractivity contribution is 6.32. The molecule has 0 aliphatic carbocycles. The number of rotatable bonds is 2. The Morgan fingerprint density at radius 1 is 1.42 bits per heavy atom. The molecule has 0 spiro atoms. The lowest BCUT2D eigenvalue weighted by Crippen LogP contribution is -2.20. The summed E-state index contributed by atoms with van der Waals surface area (Å²) in [4.78, 5) is 2.31. The molecule has 3 rings (SSSR count). The fourth-order valence-corrected chi connectivity index (χ4v) is 3.13. The second kappa shape index (κ2) is 4.82. The minimum Gasteiger partial charge on any atom is -0.460 e. The van der Waals surface area contributed by atoms with E-state index in [9.17, 15) is 0 Å². The van der Waals surface area contributed by atoms with Crippen molar-refractivity contribution < 1.29 is 4.42 Å². The Hall–Kier alpha value is -1.03. The molecule has 1 unspecified atom stereocenters. The van der Waals surface area contributed by atoms with Gasteiger partial charge >= 0.3 is 0 Å². The zero-order chi connectivity index (χ0) is 13.6. The molecule has 0 fully saturated rings. The van der Waals surface area contributed by atoms with E-state index in [1.54, 1.807) is 0 Å². The highest BCUT2D eigenvalue weighted by atomic mass is 35.5. The first-order valence-electron chi connectivity index (χ1n) is 6.73. The molecule has 0 saturated heterocycles. The highest BCUT2D eigenvalue weighted by Gasteiger charge is 2.25. The van der Waals surface area contributed by atoms with Crippen LogP contribution in [-0.2, 0) is 13.0 Å². The van der Waals surface area contributed by atoms with E-state index in [0.717, 1.165) is 35.9 Å². The largest absolute Gasteiger partial charge is 0.460 e. The van der Waals surface area contributed by atoms with Crippen LogP contribution in [0, 0.1) is 0 Å². The van der Waals surface area contributed by atoms with Crippen LogP contribution in [0.15, 0.2) is 16.5 Å². The van der Waals surface area contributed by atoms with Gasteiger partial charge in [-0.1, -0.05) is 18.5 Å². The van der Waals surface area contributed by atoms with Gasteiger partial charge in [-0.2, -0.15) is 0 Å². The van der Waals surface area contributed by atoms with Crippen LogP contribution in [0.4, 0.5) is 0 Å². The molecule has 4 heteroatoms. The average Bonchev–Trinajstić information content (AvgIpc) is 2.65. The monoisotopic (exact) mass is 278 g/mol. The van der Waals surface area contributed by atoms with Crippen LogP contribution in [-0.4, -0.2) is 25.0 Å². The van der Waals surface area contributed by atoms with Crippen molar-refractivity contribution in [3.05, 3.63) is 34.0 Å². The molecule has 102 valence electrons. The summed E-state index contributed by atoms with van der Waals surface area (Å²) in [7, 11) is 2.13. The molecule has 1 aliphatic rings. The van der Waals surface area contributed by atoms with E-state index in [4.69, 9.17) is 21.8 Å². The van der Waals surface area contributed by atoms with Crippen LogP contribution < -0.4 is 5.73 Å². The number of nitrogens with zero attached hydrogens (tertiary/aromatic N) is 1. The van der Waals surface area contributed by atoms with Crippen LogP contribution in [0.25, 0.3) is 11.0 Å². The van der Waals surface area contributed by atoms with Crippen LogP contribution in [0.5, 0.6) is 0 Å². The topological polar surface area (TPSA) is 42.4 Å². The Morgan fingerprint density at radius 2 is 2.21 bits per heavy atom. The number of furan rings is 1. The van der Waals surface area contributed by atoms with E-state index in [0.29, 0.717) is 6.54 Å². The second-order valence-electron chi connectivity index (χ2n) is 5.47. The lowest BCUT2D eigenvalue weighted by molar-refractivity contribution is 0.330. The molecule has 2 N–H and O–H groups in total. The lowest BCUT2D eigenvalue weighted by atomic mass is 9.99. The van der Waals surface area contributed by atoms with Crippen LogP contribution >= 0.6 is 11.6 Å². The van der Waals surface area contributed by atoms with E-state index in [1.165, 1.54) is 16.5 Å². The van der Waals surface area contributed by atoms with Gasteiger partial charge in [-0.3, -0.25) is 0 Å². The Labute approximate surface area is 118 Å². The van der Waals surface area contributed by atoms with E-state index in [1.807, 2.05) is 12.1 Å². The molecule has 1 atom stereocenters. The summed E-state index contributed by atoms with van der Waals surface area (Å²) < 4.78 is 6.06. The third-order valence-electron chi connectivity index (χ3n) is 4.01. The fraction of sp³-hybridized carbons (Fsp3) is 0.467. The van der Waals surface area contributed by atoms with E-state index >= 15 is 0 Å². The molecular formula is C15H19ClN2O. The van der Waals surface area contributed by atoms with Gasteiger partial charge in [0.25, 0.3) is 0 Å². The minimum atomic E-state index is 0.237. The maximum absolute atomic E-state index is 6.37. The van der Waals surface area contributed by atoms with Gasteiger partial charge in [0, 0.05) is 41.5 Å². The van der Waals surface area contributed by atoms with E-state index < -0.39 is 0 Å². The normalized spacial score (nSPS) is 17.7. The molecule has 0 radical (unpaired) electrons. The summed E-state index contributed by atoms with van der Waals surface area (Å²) in [6, 6.07) is 3.91. The number of likely N-dealkylation sites (N-methyl/N-ethyl adjacent to an activating group) is 1. The van der Waals surface area contributed by atoms with Crippen molar-refractivity contribution in [2.45, 2.75) is 25.8 Å². The third kappa shape index (κ3) is 2.06. The minimum absolute atomic E-state index is 0.237. The maximum Gasteiger partial charge on any atom is 0.135 e. The summed E-state index contributed by atoms with van der Waals surface area (Å²) in [5.74, 6) is 1.26. The predicted molar refractivity (Wildman–Crippen MR) is 78.7 cm³/mol. The average molecular weight is 279 g/mol. The molecule has 2 aromatic rings. The summed E-state index contributed by atoms with van der Waals surface area (Å²) in [6.45, 7) is 4.63. The van der Waals surface area contributed by atoms with Crippen molar-refractivity contribution >= 4 is 22.6 Å². The quantitative estimate of drug-likeness (QED) is 0.918. The zero-order valence-electron chi connectivity index (χ0n) is 11.4. The van der Waals surface area contributed by atoms with Gasteiger partial charge in [-0.05, 0) is 31.2 Å². The molecule has 1 aromatic heterocycles. The number of benzene rings is 1. The molecule has 2 heterocycles. The summed E-state index contributed by atoms with van der Waals surface area (Å²) >= 11 is 6.37. The Morgan fingerprint density at radius 3 is 2.95 bits per heavy atom. The van der Waals surface area contributed by atoms with E-state index in [2.05, 4.69) is 18.9 Å². The predicted octanol–water partition coefficient (Wildman–Crippen LogP) is 3.14. The van der Waals surface area contributed by atoms with Gasteiger partial charge in [0.1, 0.15) is 11.3 Å². The molecule has 1 aromatic carbocycles. The van der Waals surface area contributed by atoms with Crippen molar-refractivity contribution in [3.63, 3.8) is 0 Å². The van der Waals surface area contributed by atoms with Gasteiger partial charge < -0.3 is 15.1 Å². The summed E-state index contributed by atoms with van der Waals surface area (Å²) in [5.41, 5.74) is 9.24. The fourth-order valence-electron chi connectivity index (χ4n) is 2.88. The molecule has 19 heavy (non-hydrogen) atoms. The summed E-state index contributed by atoms with van der Waals surface area (Å²) in [6.07, 6.45) is 0.968. The summed E-state index contributed by atoms with van der Waals surface area (Å²) in [5, 5.41) is 2.06. The molecule has 0 saturated carbocycles. The molecule has 3 nitrogen and oxygen atoms in total. The van der Waals surface area contributed by atoms with Gasteiger partial charge in [0.15, 0.2) is 0 Å². The number of hydrogen-bond acceptors (Lipinski definition) is 3. The van der Waals surface area contributed by atoms with Crippen molar-refractivity contribution in [2.24, 2.45) is 5.73 Å². The van der Waals surface area contributed by atoms with Gasteiger partial charge in [-0.15, -0.1) is 0 Å². The van der Waals surface area contributed by atoms with Crippen molar-refractivity contribution in [1.29, 1.82) is 0 Å². The van der Waals surface area contributed by atoms with Crippen LogP contribution in [0.1, 0.15) is 29.7 Å². The standard InChI is InChI=1S/C15H19ClN2O/c1-9(7-17)15-11-8-18(2)6-5-10-12(16)3-4-13(19-15)14(10)11/h3-4,9H,5-8,17H2,1-2H3. The molecule has 1 aliphatic heterocycles. The van der Waals surface area contributed by atoms with Gasteiger partial charge in [-0.25, -0.2) is 0 Å². The first-order chi connectivity index (χ1) is 9.11. The number of halogens is 1. The van der Waals surface area contributed by atoms with Crippen molar-refractivity contribution in [1.82, 2.24) is 4.90 Å². The van der Waals surface area contributed by atoms with Crippen LogP contribution in [0.3, 0.4) is 0 Å². The SMILES string of the molecule is CC(CN)c1oc2ccc(Cl)c3c2c1CN(C)CC3. The first-order valence-corrected chi connectivity index (χ1v) is 7.11. The Bertz CT molecular complexity index is 620. The molecular weight excluding hydrogens is 260 g/mol. The zero-order valence-corrected chi connectivity index (χ0v) is 12.1. The number of nitrogens with two attached hydrogens (primary N) is 1. The Balaban J connectivity index is 2.30. The highest BCUT2D eigenvalue weighted by Crippen LogP contribution is 2.38. The molecule has 0 amide bonds. The smallest absolute Gasteiger partial charge is 0.135 e. The van der Waals surface area contributed by atoms with Crippen molar-refractivity contribution in [3.8, 4) is 0 Å².